The minimum atomic E-state index is -0.700. The van der Waals surface area contributed by atoms with Crippen molar-refractivity contribution in [2.45, 2.75) is 110 Å². The predicted octanol–water partition coefficient (Wildman–Crippen LogP) is 4.97. The van der Waals surface area contributed by atoms with E-state index in [1.54, 1.807) is 0 Å². The second-order valence-corrected chi connectivity index (χ2v) is 8.62. The Morgan fingerprint density at radius 3 is 2.07 bits per heavy atom. The number of carboxylic acids is 1. The van der Waals surface area contributed by atoms with E-state index in [1.165, 1.54) is 25.7 Å². The maximum absolute atomic E-state index is 12.6. The molecule has 156 valence electrons. The Morgan fingerprint density at radius 1 is 0.963 bits per heavy atom. The molecule has 1 heterocycles. The fraction of sp³-hybridized carbons (Fsp3) is 0.864. The molecular weight excluding hydrogens is 342 g/mol. The van der Waals surface area contributed by atoms with Crippen LogP contribution in [0.1, 0.15) is 104 Å². The van der Waals surface area contributed by atoms with Gasteiger partial charge in [0, 0.05) is 24.4 Å². The first kappa shape index (κ1) is 23.6. The molecule has 0 aromatic heterocycles. The largest absolute Gasteiger partial charge is 0.481 e. The average Bonchev–Trinajstić information content (AvgIpc) is 3.10. The number of aliphatic carboxylic acids is 1. The first-order chi connectivity index (χ1) is 12.8. The molecule has 0 radical (unpaired) electrons. The van der Waals surface area contributed by atoms with Crippen LogP contribution in [0.15, 0.2) is 0 Å². The fourth-order valence-corrected chi connectivity index (χ4v) is 3.70. The van der Waals surface area contributed by atoms with E-state index in [9.17, 15) is 14.4 Å². The summed E-state index contributed by atoms with van der Waals surface area (Å²) in [7, 11) is 0. The number of hydrogen-bond acceptors (Lipinski definition) is 3. The maximum Gasteiger partial charge on any atom is 0.303 e. The van der Waals surface area contributed by atoms with E-state index in [0.717, 1.165) is 51.5 Å². The molecule has 1 unspecified atom stereocenters. The van der Waals surface area contributed by atoms with Crippen LogP contribution in [-0.4, -0.2) is 40.3 Å². The third-order valence-electron chi connectivity index (χ3n) is 6.01. The predicted molar refractivity (Wildman–Crippen MR) is 108 cm³/mol. The Bertz CT molecular complexity index is 487. The van der Waals surface area contributed by atoms with E-state index in [2.05, 4.69) is 0 Å². The van der Waals surface area contributed by atoms with Gasteiger partial charge in [-0.05, 0) is 32.1 Å². The topological polar surface area (TPSA) is 74.7 Å². The van der Waals surface area contributed by atoms with Crippen LogP contribution in [-0.2, 0) is 14.4 Å². The number of ketones is 1. The number of carbonyl (C=O) groups is 3. The highest BCUT2D eigenvalue weighted by Crippen LogP contribution is 2.27. The molecule has 0 aromatic carbocycles. The molecule has 1 N–H and O–H groups in total. The van der Waals surface area contributed by atoms with Crippen molar-refractivity contribution in [3.05, 3.63) is 0 Å². The highest BCUT2D eigenvalue weighted by atomic mass is 16.4. The zero-order valence-corrected chi connectivity index (χ0v) is 17.6. The standard InChI is InChI=1S/C22H39NO4/c1-4-22(2,3)20(26)21(27)23-17-13-15-18(23)14-11-9-7-5-6-8-10-12-16-19(24)25/h18H,4-17H2,1-3H3,(H,24,25). The molecule has 1 rings (SSSR count). The smallest absolute Gasteiger partial charge is 0.303 e. The van der Waals surface area contributed by atoms with Crippen molar-refractivity contribution >= 4 is 17.7 Å². The molecule has 1 atom stereocenters. The summed E-state index contributed by atoms with van der Waals surface area (Å²) in [6.07, 6.45) is 12.8. The number of nitrogens with zero attached hydrogens (tertiary/aromatic N) is 1. The zero-order chi connectivity index (χ0) is 20.3. The SMILES string of the molecule is CCC(C)(C)C(=O)C(=O)N1CCCC1CCCCCCCCCCC(=O)O. The molecule has 5 nitrogen and oxygen atoms in total. The quantitative estimate of drug-likeness (QED) is 0.340. The first-order valence-corrected chi connectivity index (χ1v) is 10.9. The van der Waals surface area contributed by atoms with E-state index in [1.807, 2.05) is 25.7 Å². The second-order valence-electron chi connectivity index (χ2n) is 8.62. The van der Waals surface area contributed by atoms with Crippen molar-refractivity contribution in [1.29, 1.82) is 0 Å². The molecule has 1 aliphatic heterocycles. The molecule has 1 amide bonds. The number of hydrogen-bond donors (Lipinski definition) is 1. The Hall–Kier alpha value is -1.39. The van der Waals surface area contributed by atoms with Crippen molar-refractivity contribution in [2.75, 3.05) is 6.54 Å². The lowest BCUT2D eigenvalue weighted by atomic mass is 9.84. The van der Waals surface area contributed by atoms with Gasteiger partial charge in [0.2, 0.25) is 5.78 Å². The van der Waals surface area contributed by atoms with Gasteiger partial charge in [-0.15, -0.1) is 0 Å². The molecule has 1 aliphatic rings. The van der Waals surface area contributed by atoms with Crippen molar-refractivity contribution in [1.82, 2.24) is 4.90 Å². The number of rotatable bonds is 14. The van der Waals surface area contributed by atoms with Gasteiger partial charge in [-0.3, -0.25) is 14.4 Å². The molecule has 27 heavy (non-hydrogen) atoms. The minimum absolute atomic E-state index is 0.236. The van der Waals surface area contributed by atoms with Crippen LogP contribution in [0.5, 0.6) is 0 Å². The summed E-state index contributed by atoms with van der Waals surface area (Å²) in [5.41, 5.74) is -0.561. The van der Waals surface area contributed by atoms with E-state index in [-0.39, 0.29) is 24.2 Å². The molecule has 0 spiro atoms. The van der Waals surface area contributed by atoms with E-state index in [0.29, 0.717) is 6.42 Å². The van der Waals surface area contributed by atoms with Crippen LogP contribution in [0, 0.1) is 5.41 Å². The van der Waals surface area contributed by atoms with Gasteiger partial charge in [-0.1, -0.05) is 65.7 Å². The van der Waals surface area contributed by atoms with Gasteiger partial charge in [0.1, 0.15) is 0 Å². The number of unbranched alkanes of at least 4 members (excludes halogenated alkanes) is 7. The van der Waals surface area contributed by atoms with Gasteiger partial charge in [-0.25, -0.2) is 0 Å². The van der Waals surface area contributed by atoms with Gasteiger partial charge in [0.05, 0.1) is 0 Å². The summed E-state index contributed by atoms with van der Waals surface area (Å²) in [6.45, 7) is 6.41. The van der Waals surface area contributed by atoms with Gasteiger partial charge in [-0.2, -0.15) is 0 Å². The first-order valence-electron chi connectivity index (χ1n) is 10.9. The molecule has 5 heteroatoms. The second kappa shape index (κ2) is 12.1. The molecule has 1 fully saturated rings. The molecule has 1 saturated heterocycles. The van der Waals surface area contributed by atoms with Crippen molar-refractivity contribution in [3.63, 3.8) is 0 Å². The number of Topliss-reactive ketones (excluding diaryl/α,β-unsaturated/α-hetero) is 1. The number of carboxylic acid groups (broad SMARTS) is 1. The van der Waals surface area contributed by atoms with Crippen LogP contribution in [0.4, 0.5) is 0 Å². The van der Waals surface area contributed by atoms with Crippen LogP contribution < -0.4 is 0 Å². The van der Waals surface area contributed by atoms with Crippen molar-refractivity contribution in [3.8, 4) is 0 Å². The van der Waals surface area contributed by atoms with Crippen LogP contribution in [0.3, 0.4) is 0 Å². The summed E-state index contributed by atoms with van der Waals surface area (Å²) in [5.74, 6) is -1.21. The number of carbonyl (C=O) groups excluding carboxylic acids is 2. The van der Waals surface area contributed by atoms with Crippen LogP contribution in [0.2, 0.25) is 0 Å². The Morgan fingerprint density at radius 2 is 1.52 bits per heavy atom. The van der Waals surface area contributed by atoms with Gasteiger partial charge in [0.15, 0.2) is 0 Å². The Kier molecular flexibility index (Phi) is 10.6. The van der Waals surface area contributed by atoms with Gasteiger partial charge >= 0.3 is 5.97 Å². The van der Waals surface area contributed by atoms with E-state index in [4.69, 9.17) is 5.11 Å². The average molecular weight is 382 g/mol. The Balaban J connectivity index is 2.18. The third kappa shape index (κ3) is 8.44. The Labute approximate surface area is 164 Å². The van der Waals surface area contributed by atoms with Gasteiger partial charge in [0.25, 0.3) is 5.91 Å². The fourth-order valence-electron chi connectivity index (χ4n) is 3.70. The van der Waals surface area contributed by atoms with Crippen molar-refractivity contribution in [2.24, 2.45) is 5.41 Å². The van der Waals surface area contributed by atoms with E-state index < -0.39 is 11.4 Å². The summed E-state index contributed by atoms with van der Waals surface area (Å²) >= 11 is 0. The summed E-state index contributed by atoms with van der Waals surface area (Å²) < 4.78 is 0. The van der Waals surface area contributed by atoms with Crippen molar-refractivity contribution < 1.29 is 19.5 Å². The molecular formula is C22H39NO4. The van der Waals surface area contributed by atoms with Gasteiger partial charge < -0.3 is 10.0 Å². The highest BCUT2D eigenvalue weighted by Gasteiger charge is 2.38. The summed E-state index contributed by atoms with van der Waals surface area (Å²) in [4.78, 5) is 37.3. The lowest BCUT2D eigenvalue weighted by Crippen LogP contribution is -2.44. The highest BCUT2D eigenvalue weighted by molar-refractivity contribution is 6.38. The van der Waals surface area contributed by atoms with Crippen LogP contribution in [0.25, 0.3) is 0 Å². The molecule has 0 aromatic rings. The molecule has 0 bridgehead atoms. The lowest BCUT2D eigenvalue weighted by molar-refractivity contribution is -0.149. The summed E-state index contributed by atoms with van der Waals surface area (Å²) in [6, 6.07) is 0.241. The number of likely N-dealkylation sites (tertiary alicyclic amines) is 1. The summed E-state index contributed by atoms with van der Waals surface area (Å²) in [5, 5.41) is 8.60. The maximum atomic E-state index is 12.6. The third-order valence-corrected chi connectivity index (χ3v) is 6.01. The minimum Gasteiger partial charge on any atom is -0.481 e. The zero-order valence-electron chi connectivity index (χ0n) is 17.6. The van der Waals surface area contributed by atoms with Crippen LogP contribution >= 0.6 is 0 Å². The molecule has 0 aliphatic carbocycles. The number of amides is 1. The molecule has 0 saturated carbocycles. The normalized spacial score (nSPS) is 17.3. The lowest BCUT2D eigenvalue weighted by Gasteiger charge is -2.28. The monoisotopic (exact) mass is 381 g/mol. The van der Waals surface area contributed by atoms with E-state index >= 15 is 0 Å².